The van der Waals surface area contributed by atoms with Crippen LogP contribution in [0.1, 0.15) is 18.9 Å². The number of halogens is 1. The molecule has 0 radical (unpaired) electrons. The number of nitriles is 1. The van der Waals surface area contributed by atoms with E-state index in [-0.39, 0.29) is 0 Å². The monoisotopic (exact) mass is 247 g/mol. The van der Waals surface area contributed by atoms with Crippen molar-refractivity contribution in [2.24, 2.45) is 4.99 Å². The van der Waals surface area contributed by atoms with Crippen LogP contribution in [-0.2, 0) is 0 Å². The summed E-state index contributed by atoms with van der Waals surface area (Å²) in [6, 6.07) is 7.45. The molecule has 0 aliphatic carbocycles. The fourth-order valence-corrected chi connectivity index (χ4v) is 1.30. The molecule has 17 heavy (non-hydrogen) atoms. The largest absolute Gasteiger partial charge is 0.277 e. The molecule has 0 saturated heterocycles. The molecule has 0 amide bonds. The fraction of sp³-hybridized carbons (Fsp3) is 0.231. The third-order valence-electron chi connectivity index (χ3n) is 1.99. The smallest absolute Gasteiger partial charge is 0.182 e. The first-order valence-corrected chi connectivity index (χ1v) is 5.77. The van der Waals surface area contributed by atoms with Crippen LogP contribution in [-0.4, -0.2) is 12.4 Å². The van der Waals surface area contributed by atoms with E-state index in [1.165, 1.54) is 0 Å². The average Bonchev–Trinajstić information content (AvgIpc) is 2.35. The zero-order valence-corrected chi connectivity index (χ0v) is 10.4. The van der Waals surface area contributed by atoms with Gasteiger partial charge in [-0.25, -0.2) is 0 Å². The van der Waals surface area contributed by atoms with Gasteiger partial charge in [0.1, 0.15) is 5.84 Å². The molecule has 0 heterocycles. The van der Waals surface area contributed by atoms with Crippen molar-refractivity contribution in [3.63, 3.8) is 0 Å². The number of hydrogen-bond donors (Lipinski definition) is 1. The highest BCUT2D eigenvalue weighted by Crippen LogP contribution is 2.10. The zero-order valence-electron chi connectivity index (χ0n) is 9.65. The van der Waals surface area contributed by atoms with Gasteiger partial charge in [-0.15, -0.1) is 0 Å². The van der Waals surface area contributed by atoms with Crippen molar-refractivity contribution in [3.8, 4) is 6.19 Å². The molecule has 0 unspecified atom stereocenters. The Labute approximate surface area is 106 Å². The number of aliphatic imine (C=N–C) groups is 1. The van der Waals surface area contributed by atoms with E-state index in [1.54, 1.807) is 6.08 Å². The molecule has 88 valence electrons. The molecule has 0 aliphatic heterocycles. The molecule has 1 aromatic carbocycles. The Bertz CT molecular complexity index is 441. The Kier molecular flexibility index (Phi) is 5.84. The lowest BCUT2D eigenvalue weighted by molar-refractivity contribution is 0.926. The lowest BCUT2D eigenvalue weighted by Gasteiger charge is -1.97. The molecule has 3 nitrogen and oxygen atoms in total. The fourth-order valence-electron chi connectivity index (χ4n) is 1.17. The van der Waals surface area contributed by atoms with Crippen LogP contribution in [0.5, 0.6) is 0 Å². The average molecular weight is 248 g/mol. The Morgan fingerprint density at radius 2 is 2.18 bits per heavy atom. The van der Waals surface area contributed by atoms with E-state index in [1.807, 2.05) is 43.5 Å². The molecule has 0 bridgehead atoms. The summed E-state index contributed by atoms with van der Waals surface area (Å²) < 4.78 is 0. The molecule has 0 fully saturated rings. The highest BCUT2D eigenvalue weighted by molar-refractivity contribution is 6.30. The van der Waals surface area contributed by atoms with Gasteiger partial charge in [-0.2, -0.15) is 5.26 Å². The zero-order chi connectivity index (χ0) is 12.5. The summed E-state index contributed by atoms with van der Waals surface area (Å²) in [6.07, 6.45) is 6.48. The number of nitrogens with one attached hydrogen (secondary N) is 1. The van der Waals surface area contributed by atoms with Gasteiger partial charge in [0, 0.05) is 11.6 Å². The lowest BCUT2D eigenvalue weighted by Crippen LogP contribution is -2.15. The molecule has 1 rings (SSSR count). The summed E-state index contributed by atoms with van der Waals surface area (Å²) in [5, 5.41) is 11.8. The van der Waals surface area contributed by atoms with Crippen molar-refractivity contribution < 1.29 is 0 Å². The molecule has 0 spiro atoms. The molecule has 0 saturated carbocycles. The summed E-state index contributed by atoms with van der Waals surface area (Å²) in [6.45, 7) is 2.74. The van der Waals surface area contributed by atoms with Gasteiger partial charge >= 0.3 is 0 Å². The van der Waals surface area contributed by atoms with Gasteiger partial charge in [0.2, 0.25) is 0 Å². The van der Waals surface area contributed by atoms with Crippen LogP contribution in [0.2, 0.25) is 5.02 Å². The van der Waals surface area contributed by atoms with Gasteiger partial charge in [-0.05, 0) is 30.2 Å². The predicted molar refractivity (Wildman–Crippen MR) is 71.8 cm³/mol. The van der Waals surface area contributed by atoms with E-state index in [9.17, 15) is 0 Å². The van der Waals surface area contributed by atoms with Crippen molar-refractivity contribution in [2.75, 3.05) is 6.54 Å². The number of amidine groups is 1. The number of rotatable bonds is 4. The second-order valence-corrected chi connectivity index (χ2v) is 3.83. The Morgan fingerprint density at radius 1 is 1.47 bits per heavy atom. The standard InChI is InChI=1S/C13H14ClN3/c1-2-9-16-13(17-10-15)8-5-11-3-6-12(14)7-4-11/h3-8H,2,9H2,1H3,(H,16,17)/b8-5+. The summed E-state index contributed by atoms with van der Waals surface area (Å²) >= 11 is 5.79. The first kappa shape index (κ1) is 13.3. The summed E-state index contributed by atoms with van der Waals surface area (Å²) in [5.74, 6) is 0.573. The minimum absolute atomic E-state index is 0.573. The van der Waals surface area contributed by atoms with Crippen LogP contribution >= 0.6 is 11.6 Å². The normalized spacial score (nSPS) is 11.5. The first-order chi connectivity index (χ1) is 8.26. The summed E-state index contributed by atoms with van der Waals surface area (Å²) in [4.78, 5) is 4.23. The predicted octanol–water partition coefficient (Wildman–Crippen LogP) is 3.23. The number of nitrogens with zero attached hydrogens (tertiary/aromatic N) is 2. The maximum absolute atomic E-state index is 8.58. The maximum atomic E-state index is 8.58. The second-order valence-electron chi connectivity index (χ2n) is 3.39. The van der Waals surface area contributed by atoms with E-state index < -0.39 is 0 Å². The van der Waals surface area contributed by atoms with Gasteiger partial charge in [0.15, 0.2) is 6.19 Å². The number of hydrogen-bond acceptors (Lipinski definition) is 2. The molecule has 0 aromatic heterocycles. The topological polar surface area (TPSA) is 48.2 Å². The molecular formula is C13H14ClN3. The molecule has 0 atom stereocenters. The van der Waals surface area contributed by atoms with E-state index >= 15 is 0 Å². The van der Waals surface area contributed by atoms with Crippen molar-refractivity contribution in [2.45, 2.75) is 13.3 Å². The third kappa shape index (κ3) is 5.19. The third-order valence-corrected chi connectivity index (χ3v) is 2.25. The van der Waals surface area contributed by atoms with Gasteiger partial charge in [0.05, 0.1) is 0 Å². The summed E-state index contributed by atoms with van der Waals surface area (Å²) in [7, 11) is 0. The lowest BCUT2D eigenvalue weighted by atomic mass is 10.2. The quantitative estimate of drug-likeness (QED) is 0.384. The second kappa shape index (κ2) is 7.48. The molecule has 1 N–H and O–H groups in total. The van der Waals surface area contributed by atoms with Crippen LogP contribution in [0.3, 0.4) is 0 Å². The van der Waals surface area contributed by atoms with E-state index in [0.717, 1.165) is 12.0 Å². The van der Waals surface area contributed by atoms with Crippen molar-refractivity contribution in [1.29, 1.82) is 5.26 Å². The highest BCUT2D eigenvalue weighted by atomic mass is 35.5. The molecular weight excluding hydrogens is 234 g/mol. The van der Waals surface area contributed by atoms with Crippen molar-refractivity contribution >= 4 is 23.5 Å². The highest BCUT2D eigenvalue weighted by Gasteiger charge is 1.92. The molecule has 1 aromatic rings. The van der Waals surface area contributed by atoms with E-state index in [2.05, 4.69) is 10.3 Å². The van der Waals surface area contributed by atoms with Gasteiger partial charge in [-0.1, -0.05) is 36.7 Å². The van der Waals surface area contributed by atoms with Gasteiger partial charge in [0.25, 0.3) is 0 Å². The SMILES string of the molecule is CCCN=C(/C=C/c1ccc(Cl)cc1)NC#N. The Hall–Kier alpha value is -1.79. The van der Waals surface area contributed by atoms with E-state index in [4.69, 9.17) is 16.9 Å². The van der Waals surface area contributed by atoms with Crippen LogP contribution in [0.25, 0.3) is 6.08 Å². The first-order valence-electron chi connectivity index (χ1n) is 5.39. The minimum Gasteiger partial charge on any atom is -0.277 e. The Balaban J connectivity index is 2.72. The van der Waals surface area contributed by atoms with Gasteiger partial charge in [-0.3, -0.25) is 10.3 Å². The molecule has 4 heteroatoms. The van der Waals surface area contributed by atoms with Crippen LogP contribution < -0.4 is 5.32 Å². The maximum Gasteiger partial charge on any atom is 0.182 e. The minimum atomic E-state index is 0.573. The Morgan fingerprint density at radius 3 is 2.76 bits per heavy atom. The number of benzene rings is 1. The van der Waals surface area contributed by atoms with Crippen LogP contribution in [0.4, 0.5) is 0 Å². The van der Waals surface area contributed by atoms with Crippen LogP contribution in [0.15, 0.2) is 35.3 Å². The van der Waals surface area contributed by atoms with Crippen molar-refractivity contribution in [1.82, 2.24) is 5.32 Å². The summed E-state index contributed by atoms with van der Waals surface area (Å²) in [5.41, 5.74) is 1.01. The van der Waals surface area contributed by atoms with E-state index in [0.29, 0.717) is 17.4 Å². The van der Waals surface area contributed by atoms with Gasteiger partial charge < -0.3 is 0 Å². The van der Waals surface area contributed by atoms with Crippen LogP contribution in [0, 0.1) is 11.5 Å². The molecule has 0 aliphatic rings. The van der Waals surface area contributed by atoms with Crippen molar-refractivity contribution in [3.05, 3.63) is 40.9 Å².